The fraction of sp³-hybridized carbons (Fsp3) is 0.286. The normalized spacial score (nSPS) is 14.8. The Kier molecular flexibility index (Phi) is 4.70. The van der Waals surface area contributed by atoms with E-state index in [0.717, 1.165) is 41.1 Å². The smallest absolute Gasteiger partial charge is 0.189 e. The molecule has 0 saturated carbocycles. The van der Waals surface area contributed by atoms with Crippen LogP contribution in [0.2, 0.25) is 0 Å². The summed E-state index contributed by atoms with van der Waals surface area (Å²) >= 11 is 0. The summed E-state index contributed by atoms with van der Waals surface area (Å²) in [6.45, 7) is 6.29. The zero-order valence-electron chi connectivity index (χ0n) is 14.5. The van der Waals surface area contributed by atoms with Crippen molar-refractivity contribution in [3.63, 3.8) is 0 Å². The van der Waals surface area contributed by atoms with Crippen LogP contribution < -0.4 is 9.64 Å². The minimum Gasteiger partial charge on any atom is -0.497 e. The molecule has 0 heterocycles. The number of rotatable bonds is 5. The van der Waals surface area contributed by atoms with E-state index < -0.39 is 0 Å². The predicted molar refractivity (Wildman–Crippen MR) is 99.0 cm³/mol. The molecule has 3 nitrogen and oxygen atoms in total. The maximum atomic E-state index is 12.6. The van der Waals surface area contributed by atoms with Gasteiger partial charge in [-0.25, -0.2) is 0 Å². The number of benzene rings is 2. The lowest BCUT2D eigenvalue weighted by Gasteiger charge is -2.20. The Labute approximate surface area is 143 Å². The van der Waals surface area contributed by atoms with Gasteiger partial charge in [-0.15, -0.1) is 0 Å². The first kappa shape index (κ1) is 16.3. The molecule has 24 heavy (non-hydrogen) atoms. The second-order valence-electron chi connectivity index (χ2n) is 5.96. The second kappa shape index (κ2) is 6.91. The van der Waals surface area contributed by atoms with Crippen LogP contribution in [-0.4, -0.2) is 26.0 Å². The third-order valence-corrected chi connectivity index (χ3v) is 4.60. The minimum atomic E-state index is 0.108. The number of carbonyl (C=O) groups is 1. The third-order valence-electron chi connectivity index (χ3n) is 4.60. The van der Waals surface area contributed by atoms with Gasteiger partial charge < -0.3 is 9.64 Å². The number of carbonyl (C=O) groups excluding carboxylic acids is 1. The lowest BCUT2D eigenvalue weighted by atomic mass is 10.1. The van der Waals surface area contributed by atoms with Crippen molar-refractivity contribution in [1.82, 2.24) is 0 Å². The highest BCUT2D eigenvalue weighted by molar-refractivity contribution is 6.15. The van der Waals surface area contributed by atoms with E-state index in [1.807, 2.05) is 24.3 Å². The SMILES string of the molecule is CCN(CC)c1ccc(/C=C2/Cc3ccc(OC)cc3C2=O)cc1. The molecule has 0 fully saturated rings. The van der Waals surface area contributed by atoms with Crippen LogP contribution in [0.1, 0.15) is 35.3 Å². The topological polar surface area (TPSA) is 29.5 Å². The molecule has 0 aliphatic heterocycles. The van der Waals surface area contributed by atoms with E-state index in [2.05, 4.69) is 43.0 Å². The van der Waals surface area contributed by atoms with E-state index in [0.29, 0.717) is 6.42 Å². The summed E-state index contributed by atoms with van der Waals surface area (Å²) in [7, 11) is 1.62. The van der Waals surface area contributed by atoms with E-state index in [4.69, 9.17) is 4.74 Å². The molecule has 0 radical (unpaired) electrons. The molecule has 124 valence electrons. The van der Waals surface area contributed by atoms with E-state index >= 15 is 0 Å². The van der Waals surface area contributed by atoms with Crippen molar-refractivity contribution < 1.29 is 9.53 Å². The fourth-order valence-electron chi connectivity index (χ4n) is 3.19. The molecule has 0 saturated heterocycles. The van der Waals surface area contributed by atoms with Gasteiger partial charge in [-0.1, -0.05) is 18.2 Å². The summed E-state index contributed by atoms with van der Waals surface area (Å²) in [5.41, 5.74) is 4.96. The summed E-state index contributed by atoms with van der Waals surface area (Å²) < 4.78 is 5.22. The molecular weight excluding hydrogens is 298 g/mol. The Balaban J connectivity index is 1.84. The van der Waals surface area contributed by atoms with Crippen LogP contribution in [-0.2, 0) is 6.42 Å². The number of nitrogens with zero attached hydrogens (tertiary/aromatic N) is 1. The van der Waals surface area contributed by atoms with Crippen LogP contribution in [0.4, 0.5) is 5.69 Å². The first-order chi connectivity index (χ1) is 11.7. The van der Waals surface area contributed by atoms with Crippen molar-refractivity contribution >= 4 is 17.5 Å². The number of hydrogen-bond donors (Lipinski definition) is 0. The Morgan fingerprint density at radius 2 is 1.79 bits per heavy atom. The second-order valence-corrected chi connectivity index (χ2v) is 5.96. The summed E-state index contributed by atoms with van der Waals surface area (Å²) in [5, 5.41) is 0. The Morgan fingerprint density at radius 1 is 1.08 bits per heavy atom. The number of ether oxygens (including phenoxy) is 1. The van der Waals surface area contributed by atoms with E-state index in [1.54, 1.807) is 7.11 Å². The molecule has 0 amide bonds. The predicted octanol–water partition coefficient (Wildman–Crippen LogP) is 4.36. The van der Waals surface area contributed by atoms with Crippen molar-refractivity contribution in [2.45, 2.75) is 20.3 Å². The largest absolute Gasteiger partial charge is 0.497 e. The number of Topliss-reactive ketones (excluding diaryl/α,β-unsaturated/α-hetero) is 1. The van der Waals surface area contributed by atoms with Crippen molar-refractivity contribution in [2.75, 3.05) is 25.1 Å². The van der Waals surface area contributed by atoms with E-state index in [1.165, 1.54) is 5.69 Å². The Bertz CT molecular complexity index is 771. The van der Waals surface area contributed by atoms with Crippen LogP contribution in [0, 0.1) is 0 Å². The van der Waals surface area contributed by atoms with Gasteiger partial charge in [0.1, 0.15) is 5.75 Å². The van der Waals surface area contributed by atoms with Crippen LogP contribution >= 0.6 is 0 Å². The summed E-state index contributed by atoms with van der Waals surface area (Å²) in [4.78, 5) is 14.9. The van der Waals surface area contributed by atoms with Crippen molar-refractivity contribution in [3.05, 3.63) is 64.7 Å². The summed E-state index contributed by atoms with van der Waals surface area (Å²) in [6.07, 6.45) is 2.69. The lowest BCUT2D eigenvalue weighted by molar-refractivity contribution is 0.104. The summed E-state index contributed by atoms with van der Waals surface area (Å²) in [5.74, 6) is 0.837. The first-order valence-corrected chi connectivity index (χ1v) is 8.43. The molecule has 2 aromatic rings. The van der Waals surface area contributed by atoms with E-state index in [-0.39, 0.29) is 5.78 Å². The van der Waals surface area contributed by atoms with Gasteiger partial charge in [0.15, 0.2) is 5.78 Å². The average molecular weight is 321 g/mol. The average Bonchev–Trinajstić information content (AvgIpc) is 2.93. The quantitative estimate of drug-likeness (QED) is 0.766. The third kappa shape index (κ3) is 3.07. The number of hydrogen-bond acceptors (Lipinski definition) is 3. The molecule has 0 bridgehead atoms. The maximum Gasteiger partial charge on any atom is 0.189 e. The molecule has 3 rings (SSSR count). The van der Waals surface area contributed by atoms with Gasteiger partial charge in [-0.3, -0.25) is 4.79 Å². The molecule has 0 spiro atoms. The van der Waals surface area contributed by atoms with Gasteiger partial charge >= 0.3 is 0 Å². The van der Waals surface area contributed by atoms with Gasteiger partial charge in [0.25, 0.3) is 0 Å². The van der Waals surface area contributed by atoms with Gasteiger partial charge in [-0.2, -0.15) is 0 Å². The van der Waals surface area contributed by atoms with Crippen molar-refractivity contribution in [3.8, 4) is 5.75 Å². The van der Waals surface area contributed by atoms with Crippen LogP contribution in [0.5, 0.6) is 5.75 Å². The molecule has 0 aromatic heterocycles. The van der Waals surface area contributed by atoms with Crippen molar-refractivity contribution in [1.29, 1.82) is 0 Å². The Morgan fingerprint density at radius 3 is 2.42 bits per heavy atom. The van der Waals surface area contributed by atoms with E-state index in [9.17, 15) is 4.79 Å². The monoisotopic (exact) mass is 321 g/mol. The van der Waals surface area contributed by atoms with Crippen LogP contribution in [0.3, 0.4) is 0 Å². The van der Waals surface area contributed by atoms with Crippen molar-refractivity contribution in [2.24, 2.45) is 0 Å². The van der Waals surface area contributed by atoms with Gasteiger partial charge in [0.2, 0.25) is 0 Å². The standard InChI is InChI=1S/C21H23NO2/c1-4-22(5-2)18-9-6-15(7-10-18)12-17-13-16-8-11-19(24-3)14-20(16)21(17)23/h6-12,14H,4-5,13H2,1-3H3/b17-12-. The molecule has 1 aliphatic carbocycles. The fourth-order valence-corrected chi connectivity index (χ4v) is 3.19. The Hall–Kier alpha value is -2.55. The molecule has 3 heteroatoms. The zero-order valence-corrected chi connectivity index (χ0v) is 14.5. The van der Waals surface area contributed by atoms with Gasteiger partial charge in [0.05, 0.1) is 7.11 Å². The molecule has 2 aromatic carbocycles. The lowest BCUT2D eigenvalue weighted by Crippen LogP contribution is -2.21. The molecular formula is C21H23NO2. The zero-order chi connectivity index (χ0) is 17.1. The molecule has 0 N–H and O–H groups in total. The minimum absolute atomic E-state index is 0.108. The first-order valence-electron chi connectivity index (χ1n) is 8.43. The van der Waals surface area contributed by atoms with Crippen LogP contribution in [0.15, 0.2) is 48.0 Å². The number of methoxy groups -OCH3 is 1. The van der Waals surface area contributed by atoms with Gasteiger partial charge in [-0.05, 0) is 55.3 Å². The highest BCUT2D eigenvalue weighted by Gasteiger charge is 2.25. The highest BCUT2D eigenvalue weighted by atomic mass is 16.5. The molecule has 0 unspecified atom stereocenters. The highest BCUT2D eigenvalue weighted by Crippen LogP contribution is 2.30. The number of allylic oxidation sites excluding steroid dienone is 1. The molecule has 0 atom stereocenters. The summed E-state index contributed by atoms with van der Waals surface area (Å²) in [6, 6.07) is 14.1. The van der Waals surface area contributed by atoms with Gasteiger partial charge in [0, 0.05) is 36.3 Å². The maximum absolute atomic E-state index is 12.6. The van der Waals surface area contributed by atoms with Crippen LogP contribution in [0.25, 0.3) is 6.08 Å². The molecule has 1 aliphatic rings. The number of anilines is 1. The number of fused-ring (bicyclic) bond motifs is 1. The number of ketones is 1.